The highest BCUT2D eigenvalue weighted by atomic mass is 32.2. The first-order valence-corrected chi connectivity index (χ1v) is 23.8. The number of aliphatic carboxylic acids is 1. The molecule has 3 aromatic carbocycles. The Morgan fingerprint density at radius 3 is 1.38 bits per heavy atom. The standard InChI is InChI=1S/C48H46F9NO9S2/c1-7-43(4,35-17-20-38(65-35)46(49,50)51)31-24-33(44(5,8-2)36-18-21-39(66-36)47(52,53)54)42(34(25-31)45(6,9-3)37-19-22-40(67-37)48(55,56)57)58(68(61)62)26-28-13-15-29(16-14-28)30-11-10-12-32(23-30)69(63,64)27-41(59)60/h10-25H,7-9,26-27H2,1-6H3,(H,59,60)(H,61,62)/p-1. The van der Waals surface area contributed by atoms with Crippen LogP contribution in [0.4, 0.5) is 45.2 Å². The van der Waals surface area contributed by atoms with Gasteiger partial charge in [-0.1, -0.05) is 69.3 Å². The number of benzene rings is 3. The highest BCUT2D eigenvalue weighted by Gasteiger charge is 2.46. The topological polar surface area (TPSA) is 154 Å². The lowest BCUT2D eigenvalue weighted by Gasteiger charge is -2.42. The van der Waals surface area contributed by atoms with Crippen molar-refractivity contribution >= 4 is 32.8 Å². The minimum Gasteiger partial charge on any atom is -0.755 e. The number of carbonyl (C=O) groups is 1. The van der Waals surface area contributed by atoms with E-state index in [0.29, 0.717) is 23.3 Å². The Kier molecular flexibility index (Phi) is 14.4. The smallest absolute Gasteiger partial charge is 0.449 e. The fourth-order valence-electron chi connectivity index (χ4n) is 8.23. The molecule has 0 aliphatic carbocycles. The second-order valence-electron chi connectivity index (χ2n) is 17.1. The molecule has 21 heteroatoms. The maximum Gasteiger partial charge on any atom is 0.449 e. The minimum absolute atomic E-state index is 0.0115. The van der Waals surface area contributed by atoms with E-state index in [2.05, 4.69) is 0 Å². The average molecular weight is 1020 g/mol. The van der Waals surface area contributed by atoms with E-state index >= 15 is 0 Å². The number of carboxylic acid groups (broad SMARTS) is 1. The van der Waals surface area contributed by atoms with Crippen molar-refractivity contribution in [1.29, 1.82) is 0 Å². The van der Waals surface area contributed by atoms with Crippen LogP contribution in [0.25, 0.3) is 11.1 Å². The van der Waals surface area contributed by atoms with Crippen molar-refractivity contribution in [2.75, 3.05) is 10.1 Å². The Hall–Kier alpha value is -5.80. The first-order chi connectivity index (χ1) is 31.9. The molecule has 0 aliphatic rings. The minimum atomic E-state index is -4.97. The van der Waals surface area contributed by atoms with E-state index in [4.69, 9.17) is 18.4 Å². The zero-order valence-electron chi connectivity index (χ0n) is 37.7. The van der Waals surface area contributed by atoms with E-state index < -0.39 is 91.4 Å². The summed E-state index contributed by atoms with van der Waals surface area (Å²) in [6, 6.07) is 19.7. The van der Waals surface area contributed by atoms with E-state index in [1.807, 2.05) is 0 Å². The average Bonchev–Trinajstić information content (AvgIpc) is 4.10. The molecular weight excluding hydrogens is 970 g/mol. The van der Waals surface area contributed by atoms with Gasteiger partial charge < -0.3 is 22.9 Å². The van der Waals surface area contributed by atoms with Gasteiger partial charge in [-0.3, -0.25) is 13.3 Å². The molecule has 0 radical (unpaired) electrons. The third-order valence-electron chi connectivity index (χ3n) is 12.9. The number of hydrogen-bond donors (Lipinski definition) is 1. The number of sulfone groups is 1. The van der Waals surface area contributed by atoms with Crippen molar-refractivity contribution in [1.82, 2.24) is 0 Å². The molecule has 0 saturated heterocycles. The molecule has 0 bridgehead atoms. The van der Waals surface area contributed by atoms with Crippen molar-refractivity contribution < 1.29 is 79.8 Å². The Labute approximate surface area is 393 Å². The highest BCUT2D eigenvalue weighted by Crippen LogP contribution is 2.53. The van der Waals surface area contributed by atoms with Crippen molar-refractivity contribution in [3.8, 4) is 11.1 Å². The third-order valence-corrected chi connectivity index (χ3v) is 15.2. The number of halogens is 9. The first-order valence-electron chi connectivity index (χ1n) is 21.2. The number of alkyl halides is 9. The van der Waals surface area contributed by atoms with Crippen molar-refractivity contribution in [2.45, 2.75) is 107 Å². The molecule has 0 aliphatic heterocycles. The highest BCUT2D eigenvalue weighted by molar-refractivity contribution is 7.92. The maximum atomic E-state index is 14.2. The van der Waals surface area contributed by atoms with Gasteiger partial charge in [0.15, 0.2) is 15.6 Å². The summed E-state index contributed by atoms with van der Waals surface area (Å²) in [5, 5.41) is 9.12. The molecule has 6 rings (SSSR count). The molecular formula is C48H45F9NO9S2-. The van der Waals surface area contributed by atoms with Crippen molar-refractivity contribution in [3.63, 3.8) is 0 Å². The van der Waals surface area contributed by atoms with Crippen LogP contribution in [-0.4, -0.2) is 34.0 Å². The summed E-state index contributed by atoms with van der Waals surface area (Å²) in [4.78, 5) is 11.0. The summed E-state index contributed by atoms with van der Waals surface area (Å²) < 4.78 is 197. The molecule has 0 amide bonds. The lowest BCUT2D eigenvalue weighted by Crippen LogP contribution is -2.36. The van der Waals surface area contributed by atoms with E-state index in [1.54, 1.807) is 26.8 Å². The number of anilines is 1. The fraction of sp³-hybridized carbons (Fsp3) is 0.354. The summed E-state index contributed by atoms with van der Waals surface area (Å²) in [6.45, 7) is 8.73. The number of carboxylic acids is 1. The normalized spacial score (nSPS) is 15.8. The Morgan fingerprint density at radius 2 is 1.01 bits per heavy atom. The van der Waals surface area contributed by atoms with Crippen LogP contribution in [0.5, 0.6) is 0 Å². The van der Waals surface area contributed by atoms with Crippen LogP contribution in [0.15, 0.2) is 115 Å². The zero-order valence-corrected chi connectivity index (χ0v) is 39.3. The Bertz CT molecular complexity index is 2880. The molecule has 0 saturated carbocycles. The van der Waals surface area contributed by atoms with E-state index in [1.165, 1.54) is 75.4 Å². The van der Waals surface area contributed by atoms with Gasteiger partial charge in [-0.2, -0.15) is 39.5 Å². The van der Waals surface area contributed by atoms with Gasteiger partial charge in [-0.15, -0.1) is 0 Å². The van der Waals surface area contributed by atoms with Crippen LogP contribution in [0.3, 0.4) is 0 Å². The molecule has 6 aromatic rings. The third kappa shape index (κ3) is 10.4. The molecule has 1 N–H and O–H groups in total. The zero-order chi connectivity index (χ0) is 51.3. The van der Waals surface area contributed by atoms with Gasteiger partial charge in [0, 0.05) is 11.3 Å². The van der Waals surface area contributed by atoms with Crippen LogP contribution >= 0.6 is 0 Å². The summed E-state index contributed by atoms with van der Waals surface area (Å²) in [5.74, 6) is -7.68. The van der Waals surface area contributed by atoms with Gasteiger partial charge in [0.05, 0.1) is 33.4 Å². The van der Waals surface area contributed by atoms with Gasteiger partial charge in [-0.05, 0) is 122 Å². The molecule has 0 fully saturated rings. The molecule has 3 heterocycles. The van der Waals surface area contributed by atoms with E-state index in [0.717, 1.165) is 28.6 Å². The molecule has 4 atom stereocenters. The van der Waals surface area contributed by atoms with E-state index in [-0.39, 0.29) is 69.4 Å². The number of rotatable bonds is 17. The lowest BCUT2D eigenvalue weighted by molar-refractivity contribution is -0.154. The maximum absolute atomic E-state index is 14.2. The van der Waals surface area contributed by atoms with Gasteiger partial charge in [-0.25, -0.2) is 8.42 Å². The van der Waals surface area contributed by atoms with Crippen molar-refractivity contribution in [2.24, 2.45) is 0 Å². The Morgan fingerprint density at radius 1 is 0.609 bits per heavy atom. The monoisotopic (exact) mass is 1010 g/mol. The van der Waals surface area contributed by atoms with Gasteiger partial charge in [0.1, 0.15) is 17.3 Å². The quantitative estimate of drug-likeness (QED) is 0.0694. The fourth-order valence-corrected chi connectivity index (χ4v) is 9.91. The second-order valence-corrected chi connectivity index (χ2v) is 20.0. The summed E-state index contributed by atoms with van der Waals surface area (Å²) in [5.41, 5.74) is -4.05. The largest absolute Gasteiger partial charge is 0.755 e. The van der Waals surface area contributed by atoms with Crippen molar-refractivity contribution in [3.05, 3.63) is 154 Å². The number of nitrogens with zero attached hydrogens (tertiary/aromatic N) is 1. The summed E-state index contributed by atoms with van der Waals surface area (Å²) >= 11 is -3.31. The Balaban J connectivity index is 1.67. The van der Waals surface area contributed by atoms with Gasteiger partial charge in [0.2, 0.25) is 17.3 Å². The van der Waals surface area contributed by atoms with Crippen LogP contribution in [0.2, 0.25) is 0 Å². The molecule has 0 spiro atoms. The first kappa shape index (κ1) is 52.6. The van der Waals surface area contributed by atoms with Crippen LogP contribution in [0, 0.1) is 0 Å². The molecule has 372 valence electrons. The van der Waals surface area contributed by atoms with Crippen LogP contribution < -0.4 is 4.31 Å². The predicted molar refractivity (Wildman–Crippen MR) is 234 cm³/mol. The molecule has 3 aromatic heterocycles. The molecule has 69 heavy (non-hydrogen) atoms. The number of hydrogen-bond acceptors (Lipinski definition) is 8. The molecule has 4 unspecified atom stereocenters. The lowest BCUT2D eigenvalue weighted by atomic mass is 9.67. The van der Waals surface area contributed by atoms with Crippen LogP contribution in [-0.2, 0) is 67.2 Å². The summed E-state index contributed by atoms with van der Waals surface area (Å²) in [6.07, 6.45) is -15.1. The predicted octanol–water partition coefficient (Wildman–Crippen LogP) is 13.0. The van der Waals surface area contributed by atoms with E-state index in [9.17, 15) is 61.5 Å². The number of furan rings is 3. The summed E-state index contributed by atoms with van der Waals surface area (Å²) in [7, 11) is -4.23. The van der Waals surface area contributed by atoms with Gasteiger partial charge in [0.25, 0.3) is 0 Å². The SMILES string of the molecule is CCC(C)(c1cc(C(C)(CC)c2ccc(C(F)(F)F)o2)c(N(Cc2ccc(-c3cccc(S(=O)(=O)CC(=O)O)c3)cc2)S(=O)[O-])c(C(C)(CC)c2ccc(C(F)(F)F)o2)c1)c1ccc(C(F)(F)F)o1. The van der Waals surface area contributed by atoms with Crippen LogP contribution in [0.1, 0.15) is 118 Å². The van der Waals surface area contributed by atoms with Gasteiger partial charge >= 0.3 is 24.5 Å². The molecule has 10 nitrogen and oxygen atoms in total. The second kappa shape index (κ2) is 18.8.